The van der Waals surface area contributed by atoms with Gasteiger partial charge in [-0.3, -0.25) is 10.1 Å². The van der Waals surface area contributed by atoms with Crippen molar-refractivity contribution in [2.45, 2.75) is 0 Å². The molecule has 0 amide bonds. The van der Waals surface area contributed by atoms with Gasteiger partial charge in [0.05, 0.1) is 17.6 Å². The van der Waals surface area contributed by atoms with Crippen molar-refractivity contribution < 1.29 is 9.66 Å². The Labute approximate surface area is 93.3 Å². The molecular formula is C10H13N3O3. The van der Waals surface area contributed by atoms with Gasteiger partial charge in [0, 0.05) is 20.3 Å². The van der Waals surface area contributed by atoms with Gasteiger partial charge in [-0.1, -0.05) is 0 Å². The van der Waals surface area contributed by atoms with Crippen LogP contribution in [0.2, 0.25) is 0 Å². The quantitative estimate of drug-likeness (QED) is 0.572. The van der Waals surface area contributed by atoms with E-state index >= 15 is 0 Å². The van der Waals surface area contributed by atoms with E-state index in [0.717, 1.165) is 0 Å². The molecule has 6 nitrogen and oxygen atoms in total. The van der Waals surface area contributed by atoms with Gasteiger partial charge < -0.3 is 9.64 Å². The number of hydrogen-bond acceptors (Lipinski definition) is 5. The van der Waals surface area contributed by atoms with Gasteiger partial charge in [0.2, 0.25) is 0 Å². The molecule has 0 fully saturated rings. The van der Waals surface area contributed by atoms with Gasteiger partial charge >= 0.3 is 5.69 Å². The zero-order chi connectivity index (χ0) is 12.1. The summed E-state index contributed by atoms with van der Waals surface area (Å²) < 4.78 is 4.85. The van der Waals surface area contributed by atoms with Crippen molar-refractivity contribution in [1.82, 2.24) is 9.88 Å². The SMILES string of the molecule is COc1nccc(C=CN(C)C)c1[N+](=O)[O-]. The molecule has 0 radical (unpaired) electrons. The number of hydrogen-bond donors (Lipinski definition) is 0. The highest BCUT2D eigenvalue weighted by Gasteiger charge is 2.20. The molecule has 86 valence electrons. The van der Waals surface area contributed by atoms with Crippen LogP contribution < -0.4 is 4.74 Å². The second kappa shape index (κ2) is 5.11. The Balaban J connectivity index is 3.22. The van der Waals surface area contributed by atoms with Crippen molar-refractivity contribution in [1.29, 1.82) is 0 Å². The summed E-state index contributed by atoms with van der Waals surface area (Å²) in [5.41, 5.74) is 0.341. The Morgan fingerprint density at radius 1 is 1.56 bits per heavy atom. The van der Waals surface area contributed by atoms with E-state index in [1.54, 1.807) is 23.2 Å². The van der Waals surface area contributed by atoms with Crippen molar-refractivity contribution in [3.63, 3.8) is 0 Å². The molecule has 0 saturated heterocycles. The van der Waals surface area contributed by atoms with Crippen LogP contribution in [0.3, 0.4) is 0 Å². The molecule has 1 aromatic heterocycles. The first-order chi connectivity index (χ1) is 7.56. The summed E-state index contributed by atoms with van der Waals surface area (Å²) >= 11 is 0. The summed E-state index contributed by atoms with van der Waals surface area (Å²) in [6.07, 6.45) is 4.84. The number of aromatic nitrogens is 1. The molecule has 0 aliphatic heterocycles. The Morgan fingerprint density at radius 2 is 2.25 bits per heavy atom. The highest BCUT2D eigenvalue weighted by atomic mass is 16.6. The van der Waals surface area contributed by atoms with E-state index in [9.17, 15) is 10.1 Å². The molecule has 0 aliphatic rings. The van der Waals surface area contributed by atoms with Crippen LogP contribution in [0.4, 0.5) is 5.69 Å². The van der Waals surface area contributed by atoms with Crippen LogP contribution in [0, 0.1) is 10.1 Å². The number of rotatable bonds is 4. The van der Waals surface area contributed by atoms with Crippen molar-refractivity contribution in [2.75, 3.05) is 21.2 Å². The van der Waals surface area contributed by atoms with E-state index < -0.39 is 4.92 Å². The van der Waals surface area contributed by atoms with Gasteiger partial charge in [-0.05, 0) is 18.3 Å². The lowest BCUT2D eigenvalue weighted by molar-refractivity contribution is -0.386. The normalized spacial score (nSPS) is 10.4. The topological polar surface area (TPSA) is 68.5 Å². The lowest BCUT2D eigenvalue weighted by Gasteiger charge is -2.05. The van der Waals surface area contributed by atoms with E-state index in [4.69, 9.17) is 4.74 Å². The van der Waals surface area contributed by atoms with Gasteiger partial charge in [-0.25, -0.2) is 4.98 Å². The molecule has 0 aromatic carbocycles. The third-order valence-corrected chi connectivity index (χ3v) is 1.85. The van der Waals surface area contributed by atoms with Crippen LogP contribution in [0.5, 0.6) is 5.88 Å². The van der Waals surface area contributed by atoms with Gasteiger partial charge in [-0.15, -0.1) is 0 Å². The largest absolute Gasteiger partial charge is 0.476 e. The monoisotopic (exact) mass is 223 g/mol. The molecule has 0 unspecified atom stereocenters. The molecule has 16 heavy (non-hydrogen) atoms. The number of pyridine rings is 1. The van der Waals surface area contributed by atoms with E-state index in [-0.39, 0.29) is 11.6 Å². The second-order valence-corrected chi connectivity index (χ2v) is 3.29. The summed E-state index contributed by atoms with van der Waals surface area (Å²) in [6, 6.07) is 1.57. The zero-order valence-corrected chi connectivity index (χ0v) is 9.38. The smallest absolute Gasteiger partial charge is 0.338 e. The van der Waals surface area contributed by atoms with Crippen molar-refractivity contribution in [3.05, 3.63) is 34.1 Å². The number of ether oxygens (including phenoxy) is 1. The molecule has 0 atom stereocenters. The molecule has 0 bridgehead atoms. The van der Waals surface area contributed by atoms with Crippen LogP contribution in [-0.2, 0) is 0 Å². The van der Waals surface area contributed by atoms with Crippen molar-refractivity contribution >= 4 is 11.8 Å². The fourth-order valence-corrected chi connectivity index (χ4v) is 1.15. The van der Waals surface area contributed by atoms with E-state index in [1.165, 1.54) is 13.3 Å². The molecule has 0 spiro atoms. The van der Waals surface area contributed by atoms with Gasteiger partial charge in [0.25, 0.3) is 5.88 Å². The van der Waals surface area contributed by atoms with Crippen LogP contribution in [0.15, 0.2) is 18.5 Å². The first-order valence-electron chi connectivity index (χ1n) is 4.58. The molecular weight excluding hydrogens is 210 g/mol. The summed E-state index contributed by atoms with van der Waals surface area (Å²) in [5.74, 6) is 0.0194. The van der Waals surface area contributed by atoms with E-state index in [0.29, 0.717) is 5.56 Å². The molecule has 6 heteroatoms. The standard InChI is InChI=1S/C10H13N3O3/c1-12(2)7-5-8-4-6-11-10(16-3)9(8)13(14)15/h4-7H,1-3H3. The minimum atomic E-state index is -0.499. The van der Waals surface area contributed by atoms with E-state index in [2.05, 4.69) is 4.98 Å². The predicted octanol–water partition coefficient (Wildman–Crippen LogP) is 1.53. The molecule has 1 heterocycles. The Bertz CT molecular complexity index is 416. The average Bonchev–Trinajstić information content (AvgIpc) is 2.25. The minimum Gasteiger partial charge on any atom is -0.476 e. The highest BCUT2D eigenvalue weighted by Crippen LogP contribution is 2.28. The summed E-state index contributed by atoms with van der Waals surface area (Å²) in [7, 11) is 5.02. The highest BCUT2D eigenvalue weighted by molar-refractivity contribution is 5.64. The zero-order valence-electron chi connectivity index (χ0n) is 9.38. The van der Waals surface area contributed by atoms with Crippen LogP contribution in [0.25, 0.3) is 6.08 Å². The Kier molecular flexibility index (Phi) is 3.82. The lowest BCUT2D eigenvalue weighted by Crippen LogP contribution is -2.01. The Morgan fingerprint density at radius 3 is 2.75 bits per heavy atom. The van der Waals surface area contributed by atoms with Gasteiger partial charge in [0.15, 0.2) is 0 Å². The van der Waals surface area contributed by atoms with E-state index in [1.807, 2.05) is 14.1 Å². The van der Waals surface area contributed by atoms with Gasteiger partial charge in [-0.2, -0.15) is 0 Å². The van der Waals surface area contributed by atoms with Crippen molar-refractivity contribution in [2.24, 2.45) is 0 Å². The number of nitrogens with zero attached hydrogens (tertiary/aromatic N) is 3. The van der Waals surface area contributed by atoms with Gasteiger partial charge in [0.1, 0.15) is 0 Å². The second-order valence-electron chi connectivity index (χ2n) is 3.29. The summed E-state index contributed by atoms with van der Waals surface area (Å²) in [6.45, 7) is 0. The minimum absolute atomic E-state index is 0.0194. The Hall–Kier alpha value is -2.11. The third kappa shape index (κ3) is 2.69. The first kappa shape index (κ1) is 12.0. The predicted molar refractivity (Wildman–Crippen MR) is 60.2 cm³/mol. The fraction of sp³-hybridized carbons (Fsp3) is 0.300. The lowest BCUT2D eigenvalue weighted by atomic mass is 10.2. The molecule has 0 saturated carbocycles. The molecule has 1 aromatic rings. The third-order valence-electron chi connectivity index (χ3n) is 1.85. The molecule has 1 rings (SSSR count). The number of methoxy groups -OCH3 is 1. The number of nitro groups is 1. The summed E-state index contributed by atoms with van der Waals surface area (Å²) in [4.78, 5) is 16.0. The average molecular weight is 223 g/mol. The maximum Gasteiger partial charge on any atom is 0.338 e. The van der Waals surface area contributed by atoms with Crippen LogP contribution in [-0.4, -0.2) is 36.0 Å². The molecule has 0 N–H and O–H groups in total. The van der Waals surface area contributed by atoms with Crippen LogP contribution in [0.1, 0.15) is 5.56 Å². The van der Waals surface area contributed by atoms with Crippen LogP contribution >= 0.6 is 0 Å². The maximum atomic E-state index is 10.9. The fourth-order valence-electron chi connectivity index (χ4n) is 1.15. The maximum absolute atomic E-state index is 10.9. The van der Waals surface area contributed by atoms with Crippen molar-refractivity contribution in [3.8, 4) is 5.88 Å². The molecule has 0 aliphatic carbocycles. The first-order valence-corrected chi connectivity index (χ1v) is 4.58. The summed E-state index contributed by atoms with van der Waals surface area (Å²) in [5, 5.41) is 10.9.